The fraction of sp³-hybridized carbons (Fsp3) is 0.226. The van der Waals surface area contributed by atoms with Gasteiger partial charge in [0.15, 0.2) is 0 Å². The van der Waals surface area contributed by atoms with Gasteiger partial charge in [0.1, 0.15) is 21.5 Å². The third-order valence-corrected chi connectivity index (χ3v) is 8.86. The lowest BCUT2D eigenvalue weighted by Gasteiger charge is -2.37. The van der Waals surface area contributed by atoms with Crippen molar-refractivity contribution >= 4 is 57.4 Å². The third-order valence-electron chi connectivity index (χ3n) is 7.53. The third kappa shape index (κ3) is 5.20. The summed E-state index contributed by atoms with van der Waals surface area (Å²) in [6, 6.07) is 23.1. The number of carbonyl (C=O) groups is 1. The van der Waals surface area contributed by atoms with Gasteiger partial charge in [-0.2, -0.15) is 0 Å². The van der Waals surface area contributed by atoms with Crippen LogP contribution in [-0.2, 0) is 4.79 Å². The molecular formula is C31H29N5O3S2. The fourth-order valence-electron chi connectivity index (χ4n) is 5.25. The summed E-state index contributed by atoms with van der Waals surface area (Å²) in [6.45, 7) is 4.84. The van der Waals surface area contributed by atoms with Crippen LogP contribution in [0.4, 0.5) is 11.5 Å². The zero-order valence-corrected chi connectivity index (χ0v) is 24.4. The van der Waals surface area contributed by atoms with E-state index in [0.29, 0.717) is 39.3 Å². The molecule has 0 saturated carbocycles. The second-order valence-electron chi connectivity index (χ2n) is 9.89. The summed E-state index contributed by atoms with van der Waals surface area (Å²) in [6.07, 6.45) is 3.38. The van der Waals surface area contributed by atoms with Gasteiger partial charge in [-0.05, 0) is 55.0 Å². The molecule has 2 fully saturated rings. The number of aromatic nitrogens is 2. The first-order valence-electron chi connectivity index (χ1n) is 13.4. The maximum atomic E-state index is 13.8. The predicted octanol–water partition coefficient (Wildman–Crippen LogP) is 4.99. The van der Waals surface area contributed by atoms with Crippen LogP contribution >= 0.6 is 24.0 Å². The SMILES string of the molecule is COc1ccc(N2CCN(c3nc4ccccn4c(=O)c3/C=C3\SC(=S)N(C(C)c4ccccc4)C3=O)CC2)cc1. The molecule has 0 bridgehead atoms. The molecule has 2 aromatic heterocycles. The molecule has 1 unspecified atom stereocenters. The second kappa shape index (κ2) is 11.4. The predicted molar refractivity (Wildman–Crippen MR) is 169 cm³/mol. The summed E-state index contributed by atoms with van der Waals surface area (Å²) in [5.74, 6) is 1.20. The number of nitrogens with zero attached hydrogens (tertiary/aromatic N) is 5. The van der Waals surface area contributed by atoms with E-state index in [1.807, 2.05) is 61.5 Å². The van der Waals surface area contributed by atoms with Crippen LogP contribution in [0.2, 0.25) is 0 Å². The summed E-state index contributed by atoms with van der Waals surface area (Å²) < 4.78 is 7.29. The highest BCUT2D eigenvalue weighted by molar-refractivity contribution is 8.26. The zero-order valence-electron chi connectivity index (χ0n) is 22.8. The van der Waals surface area contributed by atoms with Gasteiger partial charge in [0.05, 0.1) is 23.6 Å². The Labute approximate surface area is 247 Å². The van der Waals surface area contributed by atoms with E-state index in [1.165, 1.54) is 16.2 Å². The number of rotatable bonds is 6. The maximum Gasteiger partial charge on any atom is 0.267 e. The standard InChI is InChI=1S/C31H29N5O3S2/c1-21(22-8-4-3-5-9-22)36-30(38)26(41-31(36)40)20-25-28(32-27-10-6-7-15-35(27)29(25)37)34-18-16-33(17-19-34)23-11-13-24(39-2)14-12-23/h3-15,20-21H,16-19H2,1-2H3/b26-20-. The van der Waals surface area contributed by atoms with Crippen molar-refractivity contribution in [2.24, 2.45) is 0 Å². The number of ether oxygens (including phenoxy) is 1. The Morgan fingerprint density at radius 2 is 1.61 bits per heavy atom. The Morgan fingerprint density at radius 1 is 0.927 bits per heavy atom. The topological polar surface area (TPSA) is 70.4 Å². The van der Waals surface area contributed by atoms with Gasteiger partial charge in [0, 0.05) is 38.1 Å². The first-order valence-corrected chi connectivity index (χ1v) is 14.6. The molecular weight excluding hydrogens is 555 g/mol. The lowest BCUT2D eigenvalue weighted by molar-refractivity contribution is -0.123. The molecule has 8 nitrogen and oxygen atoms in total. The molecule has 0 radical (unpaired) electrons. The number of hydrogen-bond donors (Lipinski definition) is 0. The number of fused-ring (bicyclic) bond motifs is 1. The molecule has 1 amide bonds. The van der Waals surface area contributed by atoms with Crippen LogP contribution in [0.15, 0.2) is 88.7 Å². The van der Waals surface area contributed by atoms with E-state index in [0.717, 1.165) is 30.1 Å². The summed E-state index contributed by atoms with van der Waals surface area (Å²) in [5.41, 5.74) is 2.85. The largest absolute Gasteiger partial charge is 0.497 e. The number of benzene rings is 2. The quantitative estimate of drug-likeness (QED) is 0.232. The first-order chi connectivity index (χ1) is 19.9. The van der Waals surface area contributed by atoms with Crippen molar-refractivity contribution in [3.8, 4) is 5.75 Å². The van der Waals surface area contributed by atoms with Crippen LogP contribution in [0.25, 0.3) is 11.7 Å². The van der Waals surface area contributed by atoms with Crippen molar-refractivity contribution in [2.45, 2.75) is 13.0 Å². The van der Waals surface area contributed by atoms with E-state index in [9.17, 15) is 9.59 Å². The van der Waals surface area contributed by atoms with Crippen LogP contribution in [-0.4, -0.2) is 57.8 Å². The number of anilines is 2. The van der Waals surface area contributed by atoms with Crippen molar-refractivity contribution in [1.29, 1.82) is 0 Å². The van der Waals surface area contributed by atoms with Crippen LogP contribution in [0.1, 0.15) is 24.1 Å². The van der Waals surface area contributed by atoms with E-state index in [-0.39, 0.29) is 17.5 Å². The normalized spacial score (nSPS) is 17.5. The number of carbonyl (C=O) groups excluding carboxylic acids is 1. The second-order valence-corrected chi connectivity index (χ2v) is 11.6. The molecule has 2 aliphatic heterocycles. The molecule has 2 aliphatic rings. The van der Waals surface area contributed by atoms with Gasteiger partial charge in [0.2, 0.25) is 0 Å². The van der Waals surface area contributed by atoms with Crippen molar-refractivity contribution in [3.05, 3.63) is 105 Å². The number of methoxy groups -OCH3 is 1. The Bertz CT molecular complexity index is 1700. The number of thiocarbonyl (C=S) groups is 1. The minimum atomic E-state index is -0.226. The van der Waals surface area contributed by atoms with E-state index in [1.54, 1.807) is 30.3 Å². The fourth-order valence-corrected chi connectivity index (χ4v) is 6.65. The van der Waals surface area contributed by atoms with Crippen LogP contribution in [0.5, 0.6) is 5.75 Å². The molecule has 4 heterocycles. The van der Waals surface area contributed by atoms with Crippen LogP contribution in [0.3, 0.4) is 0 Å². The molecule has 10 heteroatoms. The minimum absolute atomic E-state index is 0.204. The van der Waals surface area contributed by atoms with Crippen molar-refractivity contribution in [3.63, 3.8) is 0 Å². The van der Waals surface area contributed by atoms with Gasteiger partial charge in [-0.25, -0.2) is 4.98 Å². The number of amides is 1. The van der Waals surface area contributed by atoms with Gasteiger partial charge >= 0.3 is 0 Å². The number of piperazine rings is 1. The molecule has 0 spiro atoms. The zero-order chi connectivity index (χ0) is 28.5. The van der Waals surface area contributed by atoms with Crippen molar-refractivity contribution in [1.82, 2.24) is 14.3 Å². The molecule has 208 valence electrons. The highest BCUT2D eigenvalue weighted by Crippen LogP contribution is 2.38. The Morgan fingerprint density at radius 3 is 2.32 bits per heavy atom. The Kier molecular flexibility index (Phi) is 7.51. The molecule has 41 heavy (non-hydrogen) atoms. The minimum Gasteiger partial charge on any atom is -0.497 e. The summed E-state index contributed by atoms with van der Waals surface area (Å²) in [7, 11) is 1.66. The van der Waals surface area contributed by atoms with Gasteiger partial charge in [-0.3, -0.25) is 18.9 Å². The maximum absolute atomic E-state index is 13.8. The first kappa shape index (κ1) is 27.0. The molecule has 2 saturated heterocycles. The smallest absolute Gasteiger partial charge is 0.267 e. The van der Waals surface area contributed by atoms with E-state index < -0.39 is 0 Å². The van der Waals surface area contributed by atoms with Gasteiger partial charge in [0.25, 0.3) is 11.5 Å². The molecule has 4 aromatic rings. The van der Waals surface area contributed by atoms with Gasteiger partial charge in [-0.1, -0.05) is 60.4 Å². The average Bonchev–Trinajstić information content (AvgIpc) is 3.30. The highest BCUT2D eigenvalue weighted by atomic mass is 32.2. The van der Waals surface area contributed by atoms with Crippen molar-refractivity contribution < 1.29 is 9.53 Å². The molecule has 6 rings (SSSR count). The van der Waals surface area contributed by atoms with Crippen molar-refractivity contribution in [2.75, 3.05) is 43.1 Å². The summed E-state index contributed by atoms with van der Waals surface area (Å²) >= 11 is 6.86. The average molecular weight is 584 g/mol. The molecule has 0 N–H and O–H groups in total. The highest BCUT2D eigenvalue weighted by Gasteiger charge is 2.36. The number of hydrogen-bond acceptors (Lipinski definition) is 8. The van der Waals surface area contributed by atoms with Crippen LogP contribution < -0.4 is 20.1 Å². The lowest BCUT2D eigenvalue weighted by Crippen LogP contribution is -2.47. The number of thioether (sulfide) groups is 1. The molecule has 2 aromatic carbocycles. The Balaban J connectivity index is 1.33. The molecule has 0 aliphatic carbocycles. The van der Waals surface area contributed by atoms with E-state index in [4.69, 9.17) is 21.9 Å². The summed E-state index contributed by atoms with van der Waals surface area (Å²) in [4.78, 5) is 38.8. The van der Waals surface area contributed by atoms with Crippen LogP contribution in [0, 0.1) is 0 Å². The monoisotopic (exact) mass is 583 g/mol. The van der Waals surface area contributed by atoms with E-state index in [2.05, 4.69) is 21.9 Å². The number of pyridine rings is 1. The van der Waals surface area contributed by atoms with E-state index >= 15 is 0 Å². The Hall–Kier alpha value is -4.15. The van der Waals surface area contributed by atoms with Gasteiger partial charge in [-0.15, -0.1) is 0 Å². The lowest BCUT2D eigenvalue weighted by atomic mass is 10.1. The molecule has 1 atom stereocenters. The summed E-state index contributed by atoms with van der Waals surface area (Å²) in [5, 5.41) is 0. The van der Waals surface area contributed by atoms with Gasteiger partial charge < -0.3 is 14.5 Å².